The molecule has 0 aliphatic rings. The Hall–Kier alpha value is -2.03. The molecule has 0 aliphatic carbocycles. The minimum atomic E-state index is -0.139. The number of hydrogen-bond acceptors (Lipinski definition) is 6. The Bertz CT molecular complexity index is 646. The Morgan fingerprint density at radius 2 is 1.56 bits per heavy atom. The lowest BCUT2D eigenvalue weighted by atomic mass is 10.2. The highest BCUT2D eigenvalue weighted by atomic mass is 32.1. The van der Waals surface area contributed by atoms with Gasteiger partial charge in [0.2, 0.25) is 5.13 Å². The van der Waals surface area contributed by atoms with Gasteiger partial charge in [-0.3, -0.25) is 5.32 Å². The number of nitrogens with one attached hydrogen (secondary N) is 1. The first kappa shape index (κ1) is 19.3. The maximum atomic E-state index is 12.6. The molecule has 0 fully saturated rings. The fraction of sp³-hybridized carbons (Fsp3) is 0.471. The molecule has 0 bridgehead atoms. The third kappa shape index (κ3) is 6.41. The molecule has 7 nitrogen and oxygen atoms in total. The zero-order chi connectivity index (χ0) is 18.2. The summed E-state index contributed by atoms with van der Waals surface area (Å²) < 4.78 is 0. The van der Waals surface area contributed by atoms with Gasteiger partial charge in [-0.15, -0.1) is 10.2 Å². The highest BCUT2D eigenvalue weighted by Gasteiger charge is 2.16. The number of aromatic nitrogens is 2. The van der Waals surface area contributed by atoms with E-state index in [1.807, 2.05) is 63.4 Å². The van der Waals surface area contributed by atoms with Crippen molar-refractivity contribution in [1.82, 2.24) is 24.9 Å². The number of urea groups is 1. The van der Waals surface area contributed by atoms with Gasteiger partial charge in [0.25, 0.3) is 0 Å². The molecular weight excluding hydrogens is 336 g/mol. The Balaban J connectivity index is 2.00. The molecule has 1 aromatic heterocycles. The molecular formula is C17H26N6OS. The summed E-state index contributed by atoms with van der Waals surface area (Å²) in [6.45, 7) is 2.95. The van der Waals surface area contributed by atoms with Crippen LogP contribution < -0.4 is 5.32 Å². The first-order chi connectivity index (χ1) is 12.0. The van der Waals surface area contributed by atoms with Crippen LogP contribution in [0, 0.1) is 0 Å². The van der Waals surface area contributed by atoms with Gasteiger partial charge in [-0.1, -0.05) is 41.7 Å². The van der Waals surface area contributed by atoms with Crippen molar-refractivity contribution < 1.29 is 4.79 Å². The second kappa shape index (κ2) is 9.45. The molecule has 0 unspecified atom stereocenters. The fourth-order valence-electron chi connectivity index (χ4n) is 2.10. The normalized spacial score (nSPS) is 11.1. The third-order valence-electron chi connectivity index (χ3n) is 3.58. The largest absolute Gasteiger partial charge is 0.323 e. The van der Waals surface area contributed by atoms with Crippen molar-refractivity contribution in [2.24, 2.45) is 0 Å². The lowest BCUT2D eigenvalue weighted by Gasteiger charge is -2.25. The van der Waals surface area contributed by atoms with Crippen LogP contribution in [-0.2, 0) is 0 Å². The molecule has 1 N–H and O–H groups in total. The second-order valence-electron chi connectivity index (χ2n) is 6.30. The van der Waals surface area contributed by atoms with Gasteiger partial charge in [-0.05, 0) is 28.2 Å². The van der Waals surface area contributed by atoms with Gasteiger partial charge in [-0.25, -0.2) is 4.79 Å². The summed E-state index contributed by atoms with van der Waals surface area (Å²) in [5.41, 5.74) is 0.998. The van der Waals surface area contributed by atoms with E-state index in [9.17, 15) is 4.79 Å². The fourth-order valence-corrected chi connectivity index (χ4v) is 2.84. The number of amides is 2. The number of anilines is 1. The van der Waals surface area contributed by atoms with Crippen LogP contribution in [0.25, 0.3) is 10.6 Å². The quantitative estimate of drug-likeness (QED) is 0.780. The number of carbonyl (C=O) groups is 1. The molecule has 0 spiro atoms. The molecule has 0 aliphatic heterocycles. The number of hydrogen-bond donors (Lipinski definition) is 1. The Kier molecular flexibility index (Phi) is 7.30. The van der Waals surface area contributed by atoms with Crippen LogP contribution in [0.15, 0.2) is 30.3 Å². The van der Waals surface area contributed by atoms with Crippen molar-refractivity contribution in [1.29, 1.82) is 0 Å². The zero-order valence-corrected chi connectivity index (χ0v) is 16.1. The van der Waals surface area contributed by atoms with Crippen LogP contribution in [-0.4, -0.2) is 85.3 Å². The Labute approximate surface area is 153 Å². The minimum Gasteiger partial charge on any atom is -0.322 e. The van der Waals surface area contributed by atoms with Crippen LogP contribution in [0.2, 0.25) is 0 Å². The zero-order valence-electron chi connectivity index (χ0n) is 15.3. The van der Waals surface area contributed by atoms with Crippen molar-refractivity contribution in [2.75, 3.05) is 59.7 Å². The molecule has 136 valence electrons. The van der Waals surface area contributed by atoms with Crippen molar-refractivity contribution in [3.63, 3.8) is 0 Å². The number of carbonyl (C=O) groups excluding carboxylic acids is 1. The monoisotopic (exact) mass is 362 g/mol. The summed E-state index contributed by atoms with van der Waals surface area (Å²) in [4.78, 5) is 18.5. The first-order valence-corrected chi connectivity index (χ1v) is 9.01. The van der Waals surface area contributed by atoms with E-state index < -0.39 is 0 Å². The second-order valence-corrected chi connectivity index (χ2v) is 7.28. The minimum absolute atomic E-state index is 0.139. The lowest BCUT2D eigenvalue weighted by Crippen LogP contribution is -2.42. The van der Waals surface area contributed by atoms with Crippen molar-refractivity contribution in [3.05, 3.63) is 30.3 Å². The van der Waals surface area contributed by atoms with Gasteiger partial charge in [0.05, 0.1) is 0 Å². The van der Waals surface area contributed by atoms with Crippen molar-refractivity contribution >= 4 is 22.5 Å². The summed E-state index contributed by atoms with van der Waals surface area (Å²) in [6.07, 6.45) is 0. The molecule has 1 aromatic carbocycles. The van der Waals surface area contributed by atoms with Crippen LogP contribution in [0.3, 0.4) is 0 Å². The van der Waals surface area contributed by atoms with Crippen LogP contribution in [0.5, 0.6) is 0 Å². The molecule has 2 aromatic rings. The Morgan fingerprint density at radius 1 is 0.960 bits per heavy atom. The van der Waals surface area contributed by atoms with Crippen LogP contribution in [0.1, 0.15) is 0 Å². The van der Waals surface area contributed by atoms with Crippen molar-refractivity contribution in [3.8, 4) is 10.6 Å². The highest BCUT2D eigenvalue weighted by molar-refractivity contribution is 7.18. The van der Waals surface area contributed by atoms with E-state index in [2.05, 4.69) is 25.3 Å². The van der Waals surface area contributed by atoms with Gasteiger partial charge in [0.15, 0.2) is 0 Å². The molecule has 25 heavy (non-hydrogen) atoms. The van der Waals surface area contributed by atoms with E-state index in [-0.39, 0.29) is 6.03 Å². The van der Waals surface area contributed by atoms with E-state index in [4.69, 9.17) is 0 Å². The molecule has 0 saturated carbocycles. The summed E-state index contributed by atoms with van der Waals surface area (Å²) in [5.74, 6) is 0. The maximum absolute atomic E-state index is 12.6. The Morgan fingerprint density at radius 3 is 2.12 bits per heavy atom. The van der Waals surface area contributed by atoms with Crippen LogP contribution >= 0.6 is 11.3 Å². The van der Waals surface area contributed by atoms with E-state index in [1.54, 1.807) is 0 Å². The number of nitrogens with zero attached hydrogens (tertiary/aromatic N) is 5. The van der Waals surface area contributed by atoms with E-state index in [0.717, 1.165) is 23.7 Å². The van der Waals surface area contributed by atoms with E-state index in [1.165, 1.54) is 11.3 Å². The smallest absolute Gasteiger partial charge is 0.322 e. The summed E-state index contributed by atoms with van der Waals surface area (Å²) in [6, 6.07) is 9.69. The van der Waals surface area contributed by atoms with Crippen LogP contribution in [0.4, 0.5) is 9.93 Å². The number of benzene rings is 1. The molecule has 0 radical (unpaired) electrons. The number of likely N-dealkylation sites (N-methyl/N-ethyl adjacent to an activating group) is 2. The predicted molar refractivity (Wildman–Crippen MR) is 103 cm³/mol. The SMILES string of the molecule is CN(C)CCN(CCN(C)C)C(=O)Nc1nnc(-c2ccccc2)s1. The highest BCUT2D eigenvalue weighted by Crippen LogP contribution is 2.25. The molecule has 1 heterocycles. The average Bonchev–Trinajstić information content (AvgIpc) is 3.03. The summed E-state index contributed by atoms with van der Waals surface area (Å²) in [5, 5.41) is 12.4. The summed E-state index contributed by atoms with van der Waals surface area (Å²) >= 11 is 1.38. The molecule has 8 heteroatoms. The van der Waals surface area contributed by atoms with Gasteiger partial charge in [0, 0.05) is 31.7 Å². The predicted octanol–water partition coefficient (Wildman–Crippen LogP) is 2.16. The van der Waals surface area contributed by atoms with Crippen molar-refractivity contribution in [2.45, 2.75) is 0 Å². The molecule has 2 rings (SSSR count). The number of rotatable bonds is 8. The standard InChI is InChI=1S/C17H26N6OS/c1-21(2)10-12-23(13-11-22(3)4)17(24)18-16-20-19-15(25-16)14-8-6-5-7-9-14/h5-9H,10-13H2,1-4H3,(H,18,20,24). The topological polar surface area (TPSA) is 64.6 Å². The van der Waals surface area contributed by atoms with E-state index in [0.29, 0.717) is 18.2 Å². The van der Waals surface area contributed by atoms with Gasteiger partial charge in [0.1, 0.15) is 5.01 Å². The lowest BCUT2D eigenvalue weighted by molar-refractivity contribution is 0.198. The van der Waals surface area contributed by atoms with Gasteiger partial charge >= 0.3 is 6.03 Å². The molecule has 0 atom stereocenters. The first-order valence-electron chi connectivity index (χ1n) is 8.20. The third-order valence-corrected chi connectivity index (χ3v) is 4.47. The van der Waals surface area contributed by atoms with Gasteiger partial charge < -0.3 is 14.7 Å². The van der Waals surface area contributed by atoms with E-state index >= 15 is 0 Å². The summed E-state index contributed by atoms with van der Waals surface area (Å²) in [7, 11) is 8.00. The molecule has 0 saturated heterocycles. The maximum Gasteiger partial charge on any atom is 0.323 e. The average molecular weight is 363 g/mol. The van der Waals surface area contributed by atoms with Gasteiger partial charge in [-0.2, -0.15) is 0 Å². The molecule has 2 amide bonds.